The van der Waals surface area contributed by atoms with Crippen LogP contribution in [-0.2, 0) is 15.8 Å². The number of benzene rings is 3. The number of thioether (sulfide) groups is 1. The van der Waals surface area contributed by atoms with Crippen molar-refractivity contribution < 1.29 is 13.3 Å². The molecular weight excluding hydrogens is 522 g/mol. The monoisotopic (exact) mass is 543 g/mol. The van der Waals surface area contributed by atoms with E-state index < -0.39 is 21.0 Å². The van der Waals surface area contributed by atoms with Gasteiger partial charge in [-0.25, -0.2) is 13.1 Å². The molecule has 0 fully saturated rings. The number of non-ortho nitro benzene ring substituents is 1. The Balaban J connectivity index is 1.68. The summed E-state index contributed by atoms with van der Waals surface area (Å²) in [7, 11) is -4.00. The first-order valence-corrected chi connectivity index (χ1v) is 13.7. The molecule has 0 saturated heterocycles. The van der Waals surface area contributed by atoms with Gasteiger partial charge in [0.25, 0.3) is 5.69 Å². The van der Waals surface area contributed by atoms with Crippen LogP contribution in [0.3, 0.4) is 0 Å². The van der Waals surface area contributed by atoms with Gasteiger partial charge in [-0.05, 0) is 49.2 Å². The maximum absolute atomic E-state index is 13.0. The molecule has 3 aromatic carbocycles. The van der Waals surface area contributed by atoms with Gasteiger partial charge in [0.1, 0.15) is 0 Å². The summed E-state index contributed by atoms with van der Waals surface area (Å²) in [4.78, 5) is 10.2. The van der Waals surface area contributed by atoms with Gasteiger partial charge in [0.15, 0.2) is 11.0 Å². The topological polar surface area (TPSA) is 120 Å². The van der Waals surface area contributed by atoms with Gasteiger partial charge in [0, 0.05) is 22.9 Å². The van der Waals surface area contributed by atoms with Crippen LogP contribution in [0.2, 0.25) is 5.02 Å². The molecule has 186 valence electrons. The number of sulfonamides is 1. The lowest BCUT2D eigenvalue weighted by Crippen LogP contribution is -2.29. The number of rotatable bonds is 9. The summed E-state index contributed by atoms with van der Waals surface area (Å²) in [5.41, 5.74) is 2.55. The van der Waals surface area contributed by atoms with E-state index in [0.29, 0.717) is 21.8 Å². The lowest BCUT2D eigenvalue weighted by molar-refractivity contribution is -0.384. The van der Waals surface area contributed by atoms with Gasteiger partial charge in [-0.3, -0.25) is 14.7 Å². The number of halogens is 1. The number of nitrogens with zero attached hydrogens (tertiary/aromatic N) is 4. The smallest absolute Gasteiger partial charge is 0.269 e. The van der Waals surface area contributed by atoms with Crippen molar-refractivity contribution in [3.8, 4) is 5.69 Å². The molecule has 1 aromatic heterocycles. The number of nitro groups is 1. The zero-order chi connectivity index (χ0) is 25.9. The minimum atomic E-state index is -4.00. The van der Waals surface area contributed by atoms with Crippen LogP contribution in [-0.4, -0.2) is 28.1 Å². The number of aryl methyl sites for hydroxylation is 1. The average molecular weight is 544 g/mol. The third-order valence-corrected chi connectivity index (χ3v) is 8.15. The average Bonchev–Trinajstić information content (AvgIpc) is 3.28. The second-order valence-corrected chi connectivity index (χ2v) is 11.1. The summed E-state index contributed by atoms with van der Waals surface area (Å²) >= 11 is 7.76. The summed E-state index contributed by atoms with van der Waals surface area (Å²) in [5, 5.41) is 20.7. The van der Waals surface area contributed by atoms with E-state index in [1.165, 1.54) is 23.9 Å². The van der Waals surface area contributed by atoms with Crippen LogP contribution in [0.15, 0.2) is 82.8 Å². The van der Waals surface area contributed by atoms with Gasteiger partial charge in [0.2, 0.25) is 10.0 Å². The molecule has 12 heteroatoms. The maximum Gasteiger partial charge on any atom is 0.269 e. The van der Waals surface area contributed by atoms with E-state index in [2.05, 4.69) is 14.9 Å². The van der Waals surface area contributed by atoms with E-state index in [-0.39, 0.29) is 10.6 Å². The predicted octanol–water partition coefficient (Wildman–Crippen LogP) is 5.47. The molecule has 0 aliphatic carbocycles. The molecule has 0 radical (unpaired) electrons. The predicted molar refractivity (Wildman–Crippen MR) is 139 cm³/mol. The van der Waals surface area contributed by atoms with Gasteiger partial charge in [-0.1, -0.05) is 59.8 Å². The molecule has 0 aliphatic heterocycles. The molecule has 0 spiro atoms. The number of nitrogens with one attached hydrogen (secondary N) is 1. The molecule has 0 bridgehead atoms. The van der Waals surface area contributed by atoms with E-state index in [1.54, 1.807) is 23.6 Å². The molecule has 0 saturated carbocycles. The number of aromatic nitrogens is 3. The zero-order valence-electron chi connectivity index (χ0n) is 19.3. The first-order valence-electron chi connectivity index (χ1n) is 10.8. The number of nitro benzene ring substituents is 1. The molecule has 9 nitrogen and oxygen atoms in total. The Bertz CT molecular complexity index is 1490. The highest BCUT2D eigenvalue weighted by Gasteiger charge is 2.26. The summed E-state index contributed by atoms with van der Waals surface area (Å²) in [6.07, 6.45) is 0. The molecule has 36 heavy (non-hydrogen) atoms. The van der Waals surface area contributed by atoms with E-state index in [4.69, 9.17) is 11.6 Å². The van der Waals surface area contributed by atoms with Crippen LogP contribution in [0.1, 0.15) is 29.9 Å². The molecule has 1 unspecified atom stereocenters. The summed E-state index contributed by atoms with van der Waals surface area (Å²) in [6.45, 7) is 3.59. The first kappa shape index (κ1) is 25.8. The highest BCUT2D eigenvalue weighted by molar-refractivity contribution is 7.98. The van der Waals surface area contributed by atoms with Crippen LogP contribution in [0.5, 0.6) is 0 Å². The minimum Gasteiger partial charge on any atom is -0.272 e. The van der Waals surface area contributed by atoms with Crippen molar-refractivity contribution in [3.63, 3.8) is 0 Å². The highest BCUT2D eigenvalue weighted by atomic mass is 35.5. The number of hydrogen-bond donors (Lipinski definition) is 1. The standard InChI is InChI=1S/C24H22ClN5O4S2/c1-16-8-9-19(25)14-22(16)29-23(26-27-24(29)35-15-18-6-4-3-5-7-18)17(2)28-36(33,34)21-12-10-20(11-13-21)30(31)32/h3-14,17,28H,15H2,1-2H3. The number of hydrogen-bond acceptors (Lipinski definition) is 7. The third kappa shape index (κ3) is 5.76. The third-order valence-electron chi connectivity index (χ3n) is 5.36. The van der Waals surface area contributed by atoms with Gasteiger partial charge in [0.05, 0.1) is 21.5 Å². The Hall–Kier alpha value is -3.25. The molecule has 1 N–H and O–H groups in total. The van der Waals surface area contributed by atoms with E-state index in [1.807, 2.05) is 43.3 Å². The van der Waals surface area contributed by atoms with E-state index in [9.17, 15) is 18.5 Å². The highest BCUT2D eigenvalue weighted by Crippen LogP contribution is 2.31. The molecule has 4 rings (SSSR count). The Morgan fingerprint density at radius 3 is 2.44 bits per heavy atom. The fraction of sp³-hybridized carbons (Fsp3) is 0.167. The van der Waals surface area contributed by atoms with Crippen molar-refractivity contribution in [3.05, 3.63) is 105 Å². The van der Waals surface area contributed by atoms with Crippen LogP contribution < -0.4 is 4.72 Å². The zero-order valence-corrected chi connectivity index (χ0v) is 21.7. The van der Waals surface area contributed by atoms with Crippen LogP contribution in [0.25, 0.3) is 5.69 Å². The van der Waals surface area contributed by atoms with Crippen LogP contribution >= 0.6 is 23.4 Å². The molecule has 0 amide bonds. The summed E-state index contributed by atoms with van der Waals surface area (Å²) in [5.74, 6) is 1.02. The lowest BCUT2D eigenvalue weighted by atomic mass is 10.2. The molecule has 4 aromatic rings. The summed E-state index contributed by atoms with van der Waals surface area (Å²) in [6, 6.07) is 19.2. The van der Waals surface area contributed by atoms with Gasteiger partial charge in [-0.15, -0.1) is 10.2 Å². The first-order chi connectivity index (χ1) is 17.2. The van der Waals surface area contributed by atoms with Gasteiger partial charge in [-0.2, -0.15) is 0 Å². The quantitative estimate of drug-likeness (QED) is 0.169. The molecular formula is C24H22ClN5O4S2. The fourth-order valence-electron chi connectivity index (χ4n) is 3.53. The van der Waals surface area contributed by atoms with Crippen LogP contribution in [0, 0.1) is 17.0 Å². The second kappa shape index (κ2) is 10.8. The Labute approximate surface area is 217 Å². The maximum atomic E-state index is 13.0. The molecule has 1 heterocycles. The molecule has 1 atom stereocenters. The summed E-state index contributed by atoms with van der Waals surface area (Å²) < 4.78 is 30.4. The fourth-order valence-corrected chi connectivity index (χ4v) is 5.80. The van der Waals surface area contributed by atoms with Gasteiger partial charge < -0.3 is 0 Å². The SMILES string of the molecule is Cc1ccc(Cl)cc1-n1c(SCc2ccccc2)nnc1C(C)NS(=O)(=O)c1ccc([N+](=O)[O-])cc1. The lowest BCUT2D eigenvalue weighted by Gasteiger charge is -2.18. The molecule has 0 aliphatic rings. The Morgan fingerprint density at radius 1 is 1.08 bits per heavy atom. The van der Waals surface area contributed by atoms with Crippen molar-refractivity contribution in [1.82, 2.24) is 19.5 Å². The van der Waals surface area contributed by atoms with Crippen molar-refractivity contribution in [2.24, 2.45) is 0 Å². The normalized spacial score (nSPS) is 12.4. The van der Waals surface area contributed by atoms with Crippen molar-refractivity contribution >= 4 is 39.1 Å². The van der Waals surface area contributed by atoms with Gasteiger partial charge >= 0.3 is 0 Å². The minimum absolute atomic E-state index is 0.0939. The largest absolute Gasteiger partial charge is 0.272 e. The second-order valence-electron chi connectivity index (χ2n) is 7.98. The van der Waals surface area contributed by atoms with E-state index in [0.717, 1.165) is 28.9 Å². The van der Waals surface area contributed by atoms with Crippen molar-refractivity contribution in [2.45, 2.75) is 35.7 Å². The Morgan fingerprint density at radius 2 is 1.78 bits per heavy atom. The van der Waals surface area contributed by atoms with Crippen molar-refractivity contribution in [1.29, 1.82) is 0 Å². The Kier molecular flexibility index (Phi) is 7.74. The van der Waals surface area contributed by atoms with Crippen LogP contribution in [0.4, 0.5) is 5.69 Å². The van der Waals surface area contributed by atoms with Crippen molar-refractivity contribution in [2.75, 3.05) is 0 Å². The van der Waals surface area contributed by atoms with E-state index >= 15 is 0 Å².